The first-order valence-electron chi connectivity index (χ1n) is 9.42. The number of thiophene rings is 1. The van der Waals surface area contributed by atoms with Crippen molar-refractivity contribution in [2.24, 2.45) is 0 Å². The molecule has 1 aromatic carbocycles. The van der Waals surface area contributed by atoms with E-state index in [1.807, 2.05) is 35.5 Å². The maximum Gasteiger partial charge on any atom is 0.257 e. The lowest BCUT2D eigenvalue weighted by molar-refractivity contribution is 0.0628. The van der Waals surface area contributed by atoms with Crippen LogP contribution in [-0.4, -0.2) is 46.5 Å². The van der Waals surface area contributed by atoms with E-state index in [0.717, 1.165) is 48.9 Å². The fourth-order valence-corrected chi connectivity index (χ4v) is 4.74. The smallest absolute Gasteiger partial charge is 0.257 e. The second-order valence-electron chi connectivity index (χ2n) is 7.11. The predicted molar refractivity (Wildman–Crippen MR) is 111 cm³/mol. The van der Waals surface area contributed by atoms with E-state index in [2.05, 4.69) is 47.6 Å². The second-order valence-corrected chi connectivity index (χ2v) is 8.31. The minimum Gasteiger partial charge on any atom is -0.336 e. The lowest BCUT2D eigenvalue weighted by atomic mass is 10.1. The number of aromatic nitrogens is 1. The molecule has 4 rings (SSSR count). The van der Waals surface area contributed by atoms with Crippen LogP contribution in [0.5, 0.6) is 0 Å². The van der Waals surface area contributed by atoms with Crippen LogP contribution >= 0.6 is 11.3 Å². The van der Waals surface area contributed by atoms with Gasteiger partial charge in [-0.1, -0.05) is 30.3 Å². The standard InChI is InChI=1S/C22H25N3OS/c1-17-18(2)27-22(25-10-6-7-11-25)20(17)21(26)24-14-12-23(13-15-24)16-19-8-4-3-5-9-19/h3-11H,12-16H2,1-2H3. The van der Waals surface area contributed by atoms with Crippen molar-refractivity contribution < 1.29 is 4.79 Å². The molecule has 0 spiro atoms. The van der Waals surface area contributed by atoms with Gasteiger partial charge in [0, 0.05) is 50.0 Å². The van der Waals surface area contributed by atoms with Crippen molar-refractivity contribution in [3.63, 3.8) is 0 Å². The molecule has 0 radical (unpaired) electrons. The van der Waals surface area contributed by atoms with Crippen LogP contribution < -0.4 is 0 Å². The SMILES string of the molecule is Cc1sc(-n2cccc2)c(C(=O)N2CCN(Cc3ccccc3)CC2)c1C. The van der Waals surface area contributed by atoms with Gasteiger partial charge in [-0.25, -0.2) is 0 Å². The van der Waals surface area contributed by atoms with Gasteiger partial charge in [0.05, 0.1) is 5.56 Å². The Balaban J connectivity index is 1.47. The number of piperazine rings is 1. The molecule has 3 heterocycles. The summed E-state index contributed by atoms with van der Waals surface area (Å²) in [5.74, 6) is 0.167. The quantitative estimate of drug-likeness (QED) is 0.682. The molecule has 5 heteroatoms. The predicted octanol–water partition coefficient (Wildman–Crippen LogP) is 4.11. The molecule has 0 aliphatic carbocycles. The number of hydrogen-bond acceptors (Lipinski definition) is 3. The fraction of sp³-hybridized carbons (Fsp3) is 0.318. The number of hydrogen-bond donors (Lipinski definition) is 0. The first-order chi connectivity index (χ1) is 13.1. The number of amides is 1. The van der Waals surface area contributed by atoms with Gasteiger partial charge in [0.25, 0.3) is 5.91 Å². The summed E-state index contributed by atoms with van der Waals surface area (Å²) in [6.45, 7) is 8.52. The number of nitrogens with zero attached hydrogens (tertiary/aromatic N) is 3. The third kappa shape index (κ3) is 3.70. The van der Waals surface area contributed by atoms with Crippen LogP contribution in [-0.2, 0) is 6.54 Å². The summed E-state index contributed by atoms with van der Waals surface area (Å²) < 4.78 is 2.06. The molecule has 1 amide bonds. The van der Waals surface area contributed by atoms with Gasteiger partial charge in [-0.3, -0.25) is 9.69 Å². The van der Waals surface area contributed by atoms with Crippen LogP contribution in [0, 0.1) is 13.8 Å². The average Bonchev–Trinajstić information content (AvgIpc) is 3.32. The van der Waals surface area contributed by atoms with E-state index < -0.39 is 0 Å². The van der Waals surface area contributed by atoms with Crippen molar-refractivity contribution in [3.8, 4) is 5.00 Å². The van der Waals surface area contributed by atoms with E-state index in [0.29, 0.717) is 0 Å². The molecule has 0 unspecified atom stereocenters. The maximum absolute atomic E-state index is 13.3. The van der Waals surface area contributed by atoms with Crippen molar-refractivity contribution in [2.45, 2.75) is 20.4 Å². The molecule has 0 atom stereocenters. The Labute approximate surface area is 164 Å². The van der Waals surface area contributed by atoms with E-state index in [1.54, 1.807) is 11.3 Å². The van der Waals surface area contributed by atoms with Crippen LogP contribution in [0.4, 0.5) is 0 Å². The fourth-order valence-electron chi connectivity index (χ4n) is 3.62. The number of benzene rings is 1. The Bertz CT molecular complexity index is 907. The lowest BCUT2D eigenvalue weighted by Gasteiger charge is -2.35. The molecule has 1 aliphatic rings. The van der Waals surface area contributed by atoms with Crippen LogP contribution in [0.2, 0.25) is 0 Å². The van der Waals surface area contributed by atoms with Gasteiger partial charge < -0.3 is 9.47 Å². The highest BCUT2D eigenvalue weighted by Crippen LogP contribution is 2.32. The molecule has 27 heavy (non-hydrogen) atoms. The summed E-state index contributed by atoms with van der Waals surface area (Å²) in [4.78, 5) is 19.0. The monoisotopic (exact) mass is 379 g/mol. The molecule has 0 saturated carbocycles. The third-order valence-electron chi connectivity index (χ3n) is 5.33. The summed E-state index contributed by atoms with van der Waals surface area (Å²) in [6, 6.07) is 14.5. The summed E-state index contributed by atoms with van der Waals surface area (Å²) in [5, 5.41) is 1.03. The van der Waals surface area contributed by atoms with Crippen molar-refractivity contribution in [2.75, 3.05) is 26.2 Å². The van der Waals surface area contributed by atoms with E-state index in [1.165, 1.54) is 10.4 Å². The zero-order chi connectivity index (χ0) is 18.8. The van der Waals surface area contributed by atoms with Gasteiger partial charge in [0.15, 0.2) is 0 Å². The topological polar surface area (TPSA) is 28.5 Å². The van der Waals surface area contributed by atoms with Gasteiger partial charge >= 0.3 is 0 Å². The molecule has 0 N–H and O–H groups in total. The molecule has 4 nitrogen and oxygen atoms in total. The number of carbonyl (C=O) groups excluding carboxylic acids is 1. The van der Waals surface area contributed by atoms with Crippen LogP contribution in [0.15, 0.2) is 54.9 Å². The normalized spacial score (nSPS) is 15.3. The Morgan fingerprint density at radius 1 is 0.963 bits per heavy atom. The van der Waals surface area contributed by atoms with Crippen molar-refractivity contribution in [3.05, 3.63) is 76.4 Å². The molecule has 1 aliphatic heterocycles. The van der Waals surface area contributed by atoms with E-state index >= 15 is 0 Å². The zero-order valence-electron chi connectivity index (χ0n) is 15.9. The van der Waals surface area contributed by atoms with Crippen molar-refractivity contribution >= 4 is 17.2 Å². The van der Waals surface area contributed by atoms with Gasteiger partial charge in [0.1, 0.15) is 5.00 Å². The summed E-state index contributed by atoms with van der Waals surface area (Å²) in [7, 11) is 0. The highest BCUT2D eigenvalue weighted by Gasteiger charge is 2.27. The van der Waals surface area contributed by atoms with Crippen LogP contribution in [0.3, 0.4) is 0 Å². The highest BCUT2D eigenvalue weighted by molar-refractivity contribution is 7.15. The minimum absolute atomic E-state index is 0.167. The van der Waals surface area contributed by atoms with Crippen LogP contribution in [0.1, 0.15) is 26.4 Å². The highest BCUT2D eigenvalue weighted by atomic mass is 32.1. The molecule has 1 fully saturated rings. The first kappa shape index (κ1) is 18.0. The minimum atomic E-state index is 0.167. The molecule has 3 aromatic rings. The van der Waals surface area contributed by atoms with Crippen molar-refractivity contribution in [1.82, 2.24) is 14.4 Å². The van der Waals surface area contributed by atoms with Gasteiger partial charge in [0.2, 0.25) is 0 Å². The molecular formula is C22H25N3OS. The summed E-state index contributed by atoms with van der Waals surface area (Å²) in [6.07, 6.45) is 4.03. The number of rotatable bonds is 4. The zero-order valence-corrected chi connectivity index (χ0v) is 16.7. The first-order valence-corrected chi connectivity index (χ1v) is 10.2. The van der Waals surface area contributed by atoms with Gasteiger partial charge in [-0.15, -0.1) is 11.3 Å². The van der Waals surface area contributed by atoms with Gasteiger partial charge in [-0.2, -0.15) is 0 Å². The lowest BCUT2D eigenvalue weighted by Crippen LogP contribution is -2.48. The third-order valence-corrected chi connectivity index (χ3v) is 6.55. The van der Waals surface area contributed by atoms with E-state index in [-0.39, 0.29) is 5.91 Å². The Hall–Kier alpha value is -2.37. The Kier molecular flexibility index (Phi) is 5.14. The van der Waals surface area contributed by atoms with E-state index in [9.17, 15) is 4.79 Å². The van der Waals surface area contributed by atoms with E-state index in [4.69, 9.17) is 0 Å². The number of carbonyl (C=O) groups is 1. The van der Waals surface area contributed by atoms with Gasteiger partial charge in [-0.05, 0) is 37.1 Å². The van der Waals surface area contributed by atoms with Crippen LogP contribution in [0.25, 0.3) is 5.00 Å². The average molecular weight is 380 g/mol. The second kappa shape index (κ2) is 7.71. The Morgan fingerprint density at radius 2 is 1.63 bits per heavy atom. The Morgan fingerprint density at radius 3 is 2.30 bits per heavy atom. The molecule has 0 bridgehead atoms. The molecule has 1 saturated heterocycles. The summed E-state index contributed by atoms with van der Waals surface area (Å²) in [5.41, 5.74) is 3.31. The number of aryl methyl sites for hydroxylation is 1. The molecular weight excluding hydrogens is 354 g/mol. The molecule has 2 aromatic heterocycles. The maximum atomic E-state index is 13.3. The summed E-state index contributed by atoms with van der Waals surface area (Å²) >= 11 is 1.70. The van der Waals surface area contributed by atoms with Crippen molar-refractivity contribution in [1.29, 1.82) is 0 Å². The molecule has 140 valence electrons. The largest absolute Gasteiger partial charge is 0.336 e.